The fourth-order valence-electron chi connectivity index (χ4n) is 3.43. The first-order valence-electron chi connectivity index (χ1n) is 9.43. The van der Waals surface area contributed by atoms with Crippen molar-refractivity contribution in [3.05, 3.63) is 44.1 Å². The summed E-state index contributed by atoms with van der Waals surface area (Å²) in [7, 11) is 0. The summed E-state index contributed by atoms with van der Waals surface area (Å²) in [5.74, 6) is 0.901. The Kier molecular flexibility index (Phi) is 7.17. The maximum atomic E-state index is 12.1. The molecule has 0 bridgehead atoms. The summed E-state index contributed by atoms with van der Waals surface area (Å²) >= 11 is 0. The maximum Gasteiger partial charge on any atom is 1.00 e. The zero-order chi connectivity index (χ0) is 19.7. The largest absolute Gasteiger partial charge is 1.00 e. The van der Waals surface area contributed by atoms with Gasteiger partial charge < -0.3 is 28.4 Å². The van der Waals surface area contributed by atoms with E-state index in [4.69, 9.17) is 4.42 Å². The molecule has 1 amide bonds. The molecule has 0 aromatic carbocycles. The van der Waals surface area contributed by atoms with Crippen LogP contribution in [0.5, 0.6) is 0 Å². The van der Waals surface area contributed by atoms with Crippen LogP contribution in [0, 0.1) is 36.5 Å². The predicted octanol–water partition coefficient (Wildman–Crippen LogP) is 1.16. The van der Waals surface area contributed by atoms with Gasteiger partial charge in [0.1, 0.15) is 0 Å². The summed E-state index contributed by atoms with van der Waals surface area (Å²) in [6, 6.07) is 3.57. The van der Waals surface area contributed by atoms with Gasteiger partial charge in [0.05, 0.1) is 6.20 Å². The molecule has 146 valence electrons. The Bertz CT molecular complexity index is 793. The Labute approximate surface area is 179 Å². The number of hydrogen-bond acceptors (Lipinski definition) is 4. The maximum absolute atomic E-state index is 12.1. The van der Waals surface area contributed by atoms with E-state index in [0.29, 0.717) is 29.2 Å². The van der Waals surface area contributed by atoms with E-state index in [-0.39, 0.29) is 36.1 Å². The van der Waals surface area contributed by atoms with Gasteiger partial charge in [-0.25, -0.2) is 0 Å². The Hall–Kier alpha value is -1.57. The van der Waals surface area contributed by atoms with Gasteiger partial charge in [0, 0.05) is 18.1 Å². The molecule has 4 rings (SSSR count). The van der Waals surface area contributed by atoms with Crippen molar-refractivity contribution in [3.63, 3.8) is 0 Å². The number of hydrogen-bond donors (Lipinski definition) is 1. The molecular weight excluding hydrogens is 347 g/mol. The number of amides is 1. The summed E-state index contributed by atoms with van der Waals surface area (Å²) in [5.41, 5.74) is 1.17. The van der Waals surface area contributed by atoms with E-state index < -0.39 is 0 Å². The van der Waals surface area contributed by atoms with Crippen molar-refractivity contribution in [3.8, 4) is 0 Å². The van der Waals surface area contributed by atoms with E-state index in [1.54, 1.807) is 18.5 Å². The smallest absolute Gasteiger partial charge is 0.541 e. The van der Waals surface area contributed by atoms with E-state index in [2.05, 4.69) is 38.0 Å². The topological polar surface area (TPSA) is 72.2 Å². The standard InChI is InChI=1S/C16H18N2O2.C6H9O.Li/c1-3-16(4-2)8-12(16)9-18-15(19)13-7-11-5-6-17-10-14(11)20-13;1-6(2)3-5(6)4-7;/h5-7,10,12H,1-4,8-9H2,(H,18,19);5H,3H2,1-2H3;/q-2;-1;+1. The molecule has 2 atom stereocenters. The van der Waals surface area contributed by atoms with Gasteiger partial charge in [0.2, 0.25) is 0 Å². The van der Waals surface area contributed by atoms with E-state index >= 15 is 0 Å². The molecule has 2 heterocycles. The van der Waals surface area contributed by atoms with Crippen LogP contribution < -0.4 is 24.2 Å². The number of nitrogens with one attached hydrogen (secondary N) is 1. The van der Waals surface area contributed by atoms with Crippen LogP contribution >= 0.6 is 0 Å². The predicted molar refractivity (Wildman–Crippen MR) is 104 cm³/mol. The number of pyridine rings is 1. The third-order valence-corrected chi connectivity index (χ3v) is 6.07. The first kappa shape index (κ1) is 22.7. The molecule has 2 aromatic heterocycles. The van der Waals surface area contributed by atoms with Gasteiger partial charge in [0.15, 0.2) is 11.3 Å². The second-order valence-electron chi connectivity index (χ2n) is 8.36. The van der Waals surface area contributed by atoms with E-state index in [9.17, 15) is 9.59 Å². The molecule has 1 N–H and O–H groups in total. The average Bonchev–Trinajstić information content (AvgIpc) is 3.48. The van der Waals surface area contributed by atoms with Crippen LogP contribution in [0.2, 0.25) is 0 Å². The summed E-state index contributed by atoms with van der Waals surface area (Å²) in [5, 5.41) is 3.83. The molecule has 28 heavy (non-hydrogen) atoms. The van der Waals surface area contributed by atoms with Crippen LogP contribution in [0.1, 0.15) is 50.1 Å². The van der Waals surface area contributed by atoms with Crippen LogP contribution in [0.4, 0.5) is 0 Å². The first-order chi connectivity index (χ1) is 12.8. The van der Waals surface area contributed by atoms with Gasteiger partial charge in [-0.05, 0) is 24.5 Å². The molecule has 2 fully saturated rings. The summed E-state index contributed by atoms with van der Waals surface area (Å²) in [6.45, 7) is 12.8. The van der Waals surface area contributed by atoms with Crippen LogP contribution in [-0.2, 0) is 4.79 Å². The number of furan rings is 1. The van der Waals surface area contributed by atoms with Gasteiger partial charge in [-0.3, -0.25) is 16.1 Å². The van der Waals surface area contributed by atoms with Crippen LogP contribution in [0.15, 0.2) is 28.9 Å². The molecule has 0 radical (unpaired) electrons. The average molecular weight is 374 g/mol. The molecule has 0 saturated heterocycles. The molecule has 2 unspecified atom stereocenters. The van der Waals surface area contributed by atoms with E-state index in [1.165, 1.54) is 0 Å². The van der Waals surface area contributed by atoms with E-state index in [1.807, 2.05) is 12.4 Å². The minimum Gasteiger partial charge on any atom is -0.541 e. The number of rotatable bonds is 6. The second-order valence-corrected chi connectivity index (χ2v) is 8.36. The number of fused-ring (bicyclic) bond motifs is 1. The normalized spacial score (nSPS) is 23.0. The molecule has 2 aliphatic carbocycles. The van der Waals surface area contributed by atoms with Crippen molar-refractivity contribution in [2.24, 2.45) is 22.7 Å². The molecule has 2 saturated carbocycles. The third kappa shape index (κ3) is 4.88. The fourth-order valence-corrected chi connectivity index (χ4v) is 3.43. The minimum atomic E-state index is -0.171. The Morgan fingerprint density at radius 3 is 2.50 bits per heavy atom. The minimum absolute atomic E-state index is 0. The van der Waals surface area contributed by atoms with Gasteiger partial charge in [0.25, 0.3) is 5.91 Å². The van der Waals surface area contributed by atoms with Gasteiger partial charge in [-0.1, -0.05) is 31.1 Å². The van der Waals surface area contributed by atoms with Gasteiger partial charge in [-0.2, -0.15) is 12.8 Å². The zero-order valence-corrected chi connectivity index (χ0v) is 17.1. The molecule has 0 aliphatic heterocycles. The molecule has 6 heteroatoms. The number of carbonyl (C=O) groups is 1. The molecule has 5 nitrogen and oxygen atoms in total. The van der Waals surface area contributed by atoms with Crippen LogP contribution in [-0.4, -0.2) is 23.7 Å². The van der Waals surface area contributed by atoms with Gasteiger partial charge in [-0.15, -0.1) is 5.92 Å². The van der Waals surface area contributed by atoms with Crippen LogP contribution in [0.3, 0.4) is 0 Å². The Morgan fingerprint density at radius 1 is 1.36 bits per heavy atom. The molecular formula is C22H27LiN2O3-2. The number of aromatic nitrogens is 1. The van der Waals surface area contributed by atoms with Crippen molar-refractivity contribution in [1.29, 1.82) is 0 Å². The molecule has 0 spiro atoms. The number of carbonyl (C=O) groups excluding carboxylic acids is 2. The second kappa shape index (κ2) is 8.84. The number of nitrogens with zero attached hydrogens (tertiary/aromatic N) is 1. The van der Waals surface area contributed by atoms with Crippen molar-refractivity contribution >= 4 is 23.2 Å². The first-order valence-corrected chi connectivity index (χ1v) is 9.43. The fraction of sp³-hybridized carbons (Fsp3) is 0.500. The van der Waals surface area contributed by atoms with Crippen molar-refractivity contribution in [1.82, 2.24) is 10.3 Å². The summed E-state index contributed by atoms with van der Waals surface area (Å²) in [4.78, 5) is 25.9. The zero-order valence-electron chi connectivity index (χ0n) is 17.1. The van der Waals surface area contributed by atoms with Crippen molar-refractivity contribution in [2.75, 3.05) is 6.54 Å². The third-order valence-electron chi connectivity index (χ3n) is 6.07. The Balaban J connectivity index is 0.000000298. The summed E-state index contributed by atoms with van der Waals surface area (Å²) in [6.07, 6.45) is 9.18. The van der Waals surface area contributed by atoms with Crippen molar-refractivity contribution < 1.29 is 32.9 Å². The van der Waals surface area contributed by atoms with Gasteiger partial charge >= 0.3 is 18.9 Å². The quantitative estimate of drug-likeness (QED) is 0.608. The Morgan fingerprint density at radius 2 is 2.04 bits per heavy atom. The van der Waals surface area contributed by atoms with E-state index in [0.717, 1.165) is 31.1 Å². The van der Waals surface area contributed by atoms with Crippen LogP contribution in [0.25, 0.3) is 11.0 Å². The SMILES string of the molecule is CC1(C)CC1[C-]=O.[CH2-]CC1(C[CH2-])CC1CNC(=O)c1cc2ccncc2o1.[Li+]. The summed E-state index contributed by atoms with van der Waals surface area (Å²) < 4.78 is 5.49. The molecule has 2 aliphatic rings. The van der Waals surface area contributed by atoms with Crippen molar-refractivity contribution in [2.45, 2.75) is 39.5 Å². The molecule has 2 aromatic rings. The monoisotopic (exact) mass is 374 g/mol.